The summed E-state index contributed by atoms with van der Waals surface area (Å²) in [6, 6.07) is 5.95. The standard InChI is InChI=1S/C12H13FN4O/c1-15-11-6-9(16-12(14)17-11)8-4-3-7(13)5-10(8)18-2/h3-6H,1-2H3,(H3,14,15,16,17). The van der Waals surface area contributed by atoms with Gasteiger partial charge in [0.15, 0.2) is 0 Å². The molecule has 94 valence electrons. The van der Waals surface area contributed by atoms with Crippen LogP contribution in [0.25, 0.3) is 11.3 Å². The van der Waals surface area contributed by atoms with Gasteiger partial charge in [0.25, 0.3) is 0 Å². The quantitative estimate of drug-likeness (QED) is 0.868. The third kappa shape index (κ3) is 2.32. The van der Waals surface area contributed by atoms with E-state index < -0.39 is 0 Å². The summed E-state index contributed by atoms with van der Waals surface area (Å²) < 4.78 is 18.3. The fourth-order valence-electron chi connectivity index (χ4n) is 1.61. The van der Waals surface area contributed by atoms with Crippen LogP contribution in [0.15, 0.2) is 24.3 Å². The zero-order valence-corrected chi connectivity index (χ0v) is 10.1. The van der Waals surface area contributed by atoms with E-state index in [0.29, 0.717) is 22.8 Å². The number of nitrogens with zero attached hydrogens (tertiary/aromatic N) is 2. The lowest BCUT2D eigenvalue weighted by Gasteiger charge is -2.09. The number of hydrogen-bond acceptors (Lipinski definition) is 5. The zero-order chi connectivity index (χ0) is 13.1. The predicted octanol–water partition coefficient (Wildman–Crippen LogP) is 1.92. The molecule has 0 amide bonds. The molecular formula is C12H13FN4O. The van der Waals surface area contributed by atoms with Crippen molar-refractivity contribution in [1.82, 2.24) is 9.97 Å². The van der Waals surface area contributed by atoms with Crippen molar-refractivity contribution < 1.29 is 9.13 Å². The largest absolute Gasteiger partial charge is 0.496 e. The van der Waals surface area contributed by atoms with E-state index in [9.17, 15) is 4.39 Å². The summed E-state index contributed by atoms with van der Waals surface area (Å²) in [5, 5.41) is 2.88. The van der Waals surface area contributed by atoms with Gasteiger partial charge in [-0.15, -0.1) is 0 Å². The molecular weight excluding hydrogens is 235 g/mol. The van der Waals surface area contributed by atoms with Crippen molar-refractivity contribution in [1.29, 1.82) is 0 Å². The minimum atomic E-state index is -0.369. The summed E-state index contributed by atoms with van der Waals surface area (Å²) in [7, 11) is 3.20. The molecule has 2 aromatic rings. The molecule has 0 spiro atoms. The highest BCUT2D eigenvalue weighted by molar-refractivity contribution is 5.70. The number of rotatable bonds is 3. The van der Waals surface area contributed by atoms with Gasteiger partial charge in [0, 0.05) is 24.7 Å². The number of nitrogens with two attached hydrogens (primary N) is 1. The zero-order valence-electron chi connectivity index (χ0n) is 10.1. The van der Waals surface area contributed by atoms with Crippen molar-refractivity contribution in [2.45, 2.75) is 0 Å². The Morgan fingerprint density at radius 2 is 2.06 bits per heavy atom. The van der Waals surface area contributed by atoms with Gasteiger partial charge in [0.1, 0.15) is 17.4 Å². The number of benzene rings is 1. The van der Waals surface area contributed by atoms with E-state index in [1.54, 1.807) is 19.2 Å². The van der Waals surface area contributed by atoms with Gasteiger partial charge in [-0.2, -0.15) is 4.98 Å². The lowest BCUT2D eigenvalue weighted by atomic mass is 10.1. The predicted molar refractivity (Wildman–Crippen MR) is 67.9 cm³/mol. The molecule has 0 aliphatic rings. The normalized spacial score (nSPS) is 10.2. The monoisotopic (exact) mass is 248 g/mol. The first-order valence-corrected chi connectivity index (χ1v) is 5.30. The van der Waals surface area contributed by atoms with E-state index in [1.807, 2.05) is 0 Å². The number of methoxy groups -OCH3 is 1. The average Bonchev–Trinajstić information content (AvgIpc) is 2.37. The second kappa shape index (κ2) is 4.87. The number of aromatic nitrogens is 2. The fourth-order valence-corrected chi connectivity index (χ4v) is 1.61. The molecule has 5 nitrogen and oxygen atoms in total. The maximum atomic E-state index is 13.1. The van der Waals surface area contributed by atoms with E-state index in [1.165, 1.54) is 19.2 Å². The minimum absolute atomic E-state index is 0.142. The molecule has 0 saturated heterocycles. The number of ether oxygens (including phenoxy) is 1. The molecule has 6 heteroatoms. The van der Waals surface area contributed by atoms with Gasteiger partial charge < -0.3 is 15.8 Å². The molecule has 0 unspecified atom stereocenters. The van der Waals surface area contributed by atoms with Gasteiger partial charge in [-0.1, -0.05) is 0 Å². The van der Waals surface area contributed by atoms with Crippen LogP contribution >= 0.6 is 0 Å². The van der Waals surface area contributed by atoms with E-state index in [4.69, 9.17) is 10.5 Å². The van der Waals surface area contributed by atoms with Gasteiger partial charge in [-0.3, -0.25) is 0 Å². The second-order valence-electron chi connectivity index (χ2n) is 3.59. The van der Waals surface area contributed by atoms with E-state index in [2.05, 4.69) is 15.3 Å². The molecule has 1 aromatic carbocycles. The van der Waals surface area contributed by atoms with Crippen LogP contribution in [0, 0.1) is 5.82 Å². The fraction of sp³-hybridized carbons (Fsp3) is 0.167. The Morgan fingerprint density at radius 3 is 2.72 bits per heavy atom. The highest BCUT2D eigenvalue weighted by Crippen LogP contribution is 2.30. The van der Waals surface area contributed by atoms with Gasteiger partial charge in [-0.25, -0.2) is 9.37 Å². The number of anilines is 2. The molecule has 18 heavy (non-hydrogen) atoms. The van der Waals surface area contributed by atoms with Gasteiger partial charge >= 0.3 is 0 Å². The first-order valence-electron chi connectivity index (χ1n) is 5.30. The van der Waals surface area contributed by atoms with Gasteiger partial charge in [0.2, 0.25) is 5.95 Å². The summed E-state index contributed by atoms with van der Waals surface area (Å²) in [4.78, 5) is 8.11. The van der Waals surface area contributed by atoms with Crippen LogP contribution in [-0.4, -0.2) is 24.1 Å². The average molecular weight is 248 g/mol. The van der Waals surface area contributed by atoms with Crippen molar-refractivity contribution in [3.8, 4) is 17.0 Å². The summed E-state index contributed by atoms with van der Waals surface area (Å²) in [6.07, 6.45) is 0. The third-order valence-corrected chi connectivity index (χ3v) is 2.44. The third-order valence-electron chi connectivity index (χ3n) is 2.44. The Labute approximate surface area is 104 Å². The van der Waals surface area contributed by atoms with E-state index >= 15 is 0 Å². The van der Waals surface area contributed by atoms with Crippen molar-refractivity contribution in [3.05, 3.63) is 30.1 Å². The Hall–Kier alpha value is -2.37. The van der Waals surface area contributed by atoms with Crippen LogP contribution < -0.4 is 15.8 Å². The van der Waals surface area contributed by atoms with Crippen LogP contribution in [0.2, 0.25) is 0 Å². The first kappa shape index (κ1) is 12.1. The van der Waals surface area contributed by atoms with Crippen LogP contribution in [0.5, 0.6) is 5.75 Å². The summed E-state index contributed by atoms with van der Waals surface area (Å²) in [5.74, 6) is 0.758. The molecule has 0 fully saturated rings. The van der Waals surface area contributed by atoms with E-state index in [-0.39, 0.29) is 11.8 Å². The molecule has 3 N–H and O–H groups in total. The van der Waals surface area contributed by atoms with Gasteiger partial charge in [-0.05, 0) is 12.1 Å². The number of nitrogens with one attached hydrogen (secondary N) is 1. The number of halogens is 1. The van der Waals surface area contributed by atoms with Crippen LogP contribution in [-0.2, 0) is 0 Å². The Balaban J connectivity index is 2.57. The van der Waals surface area contributed by atoms with Crippen LogP contribution in [0.1, 0.15) is 0 Å². The molecule has 0 aliphatic carbocycles. The van der Waals surface area contributed by atoms with Crippen molar-refractivity contribution in [2.75, 3.05) is 25.2 Å². The second-order valence-corrected chi connectivity index (χ2v) is 3.59. The molecule has 0 radical (unpaired) electrons. The number of nitrogen functional groups attached to an aromatic ring is 1. The summed E-state index contributed by atoms with van der Waals surface area (Å²) >= 11 is 0. The van der Waals surface area contributed by atoms with Crippen LogP contribution in [0.3, 0.4) is 0 Å². The molecule has 0 atom stereocenters. The van der Waals surface area contributed by atoms with Crippen molar-refractivity contribution in [2.24, 2.45) is 0 Å². The highest BCUT2D eigenvalue weighted by Gasteiger charge is 2.10. The first-order chi connectivity index (χ1) is 8.63. The lowest BCUT2D eigenvalue weighted by molar-refractivity contribution is 0.413. The van der Waals surface area contributed by atoms with Crippen molar-refractivity contribution >= 4 is 11.8 Å². The number of hydrogen-bond donors (Lipinski definition) is 2. The highest BCUT2D eigenvalue weighted by atomic mass is 19.1. The molecule has 0 bridgehead atoms. The smallest absolute Gasteiger partial charge is 0.222 e. The molecule has 0 saturated carbocycles. The van der Waals surface area contributed by atoms with Crippen LogP contribution in [0.4, 0.5) is 16.2 Å². The Kier molecular flexibility index (Phi) is 3.27. The van der Waals surface area contributed by atoms with E-state index in [0.717, 1.165) is 0 Å². The van der Waals surface area contributed by atoms with Crippen molar-refractivity contribution in [3.63, 3.8) is 0 Å². The maximum absolute atomic E-state index is 13.1. The topological polar surface area (TPSA) is 73.1 Å². The molecule has 0 aliphatic heterocycles. The summed E-state index contributed by atoms with van der Waals surface area (Å²) in [6.45, 7) is 0. The maximum Gasteiger partial charge on any atom is 0.222 e. The Morgan fingerprint density at radius 1 is 1.28 bits per heavy atom. The molecule has 1 heterocycles. The minimum Gasteiger partial charge on any atom is -0.496 e. The Bertz CT molecular complexity index is 574. The molecule has 1 aromatic heterocycles. The lowest BCUT2D eigenvalue weighted by Crippen LogP contribution is -2.01. The SMILES string of the molecule is CNc1cc(-c2ccc(F)cc2OC)nc(N)n1. The van der Waals surface area contributed by atoms with Gasteiger partial charge in [0.05, 0.1) is 12.8 Å². The summed E-state index contributed by atoms with van der Waals surface area (Å²) in [5.41, 5.74) is 6.85. The molecule has 2 rings (SSSR count).